The van der Waals surface area contributed by atoms with E-state index in [-0.39, 0.29) is 0 Å². The van der Waals surface area contributed by atoms with Crippen molar-refractivity contribution in [2.24, 2.45) is 0 Å². The molecule has 2 rings (SSSR count). The van der Waals surface area contributed by atoms with E-state index in [0.29, 0.717) is 12.4 Å². The lowest BCUT2D eigenvalue weighted by molar-refractivity contribution is 0.183. The van der Waals surface area contributed by atoms with Crippen molar-refractivity contribution in [1.82, 2.24) is 14.8 Å². The molecular formula is C11H15N5O. The van der Waals surface area contributed by atoms with E-state index >= 15 is 0 Å². The molecule has 0 aliphatic rings. The van der Waals surface area contributed by atoms with Crippen molar-refractivity contribution in [2.75, 3.05) is 24.8 Å². The van der Waals surface area contributed by atoms with Gasteiger partial charge in [0.1, 0.15) is 5.82 Å². The average Bonchev–Trinajstić information content (AvgIpc) is 2.74. The van der Waals surface area contributed by atoms with Crippen molar-refractivity contribution in [2.45, 2.75) is 6.54 Å². The lowest BCUT2D eigenvalue weighted by atomic mass is 10.4. The molecule has 6 nitrogen and oxygen atoms in total. The highest BCUT2D eigenvalue weighted by Crippen LogP contribution is 2.16. The normalized spacial score (nSPS) is 10.4. The van der Waals surface area contributed by atoms with Gasteiger partial charge in [0.05, 0.1) is 25.0 Å². The number of pyridine rings is 1. The van der Waals surface area contributed by atoms with Crippen LogP contribution in [0.3, 0.4) is 0 Å². The number of aromatic nitrogens is 3. The minimum absolute atomic E-state index is 0.488. The fourth-order valence-corrected chi connectivity index (χ4v) is 1.43. The molecule has 2 aromatic heterocycles. The predicted molar refractivity (Wildman–Crippen MR) is 66.0 cm³/mol. The fourth-order valence-electron chi connectivity index (χ4n) is 1.43. The minimum atomic E-state index is 0.488. The summed E-state index contributed by atoms with van der Waals surface area (Å²) >= 11 is 0. The second kappa shape index (κ2) is 5.31. The van der Waals surface area contributed by atoms with Gasteiger partial charge in [0.2, 0.25) is 0 Å². The Kier molecular flexibility index (Phi) is 3.56. The van der Waals surface area contributed by atoms with Gasteiger partial charge in [-0.2, -0.15) is 5.10 Å². The molecule has 2 heterocycles. The summed E-state index contributed by atoms with van der Waals surface area (Å²) in [6.07, 6.45) is 5.33. The first kappa shape index (κ1) is 11.4. The zero-order valence-corrected chi connectivity index (χ0v) is 9.63. The van der Waals surface area contributed by atoms with E-state index in [9.17, 15) is 0 Å². The van der Waals surface area contributed by atoms with Crippen LogP contribution in [0.2, 0.25) is 0 Å². The first-order chi connectivity index (χ1) is 8.28. The third-order valence-corrected chi connectivity index (χ3v) is 2.23. The molecule has 0 saturated heterocycles. The van der Waals surface area contributed by atoms with Gasteiger partial charge in [0, 0.05) is 31.3 Å². The predicted octanol–water partition coefficient (Wildman–Crippen LogP) is 1.25. The van der Waals surface area contributed by atoms with Crippen LogP contribution in [0.15, 0.2) is 30.7 Å². The number of hydrogen-bond acceptors (Lipinski definition) is 5. The molecule has 0 spiro atoms. The van der Waals surface area contributed by atoms with Gasteiger partial charge in [-0.15, -0.1) is 0 Å². The summed E-state index contributed by atoms with van der Waals surface area (Å²) in [7, 11) is 1.67. The van der Waals surface area contributed by atoms with Gasteiger partial charge in [-0.25, -0.2) is 4.98 Å². The summed E-state index contributed by atoms with van der Waals surface area (Å²) in [6, 6.07) is 3.62. The van der Waals surface area contributed by atoms with Crippen molar-refractivity contribution in [1.29, 1.82) is 0 Å². The van der Waals surface area contributed by atoms with E-state index in [1.807, 2.05) is 16.9 Å². The van der Waals surface area contributed by atoms with Crippen molar-refractivity contribution in [3.8, 4) is 0 Å². The quantitative estimate of drug-likeness (QED) is 0.812. The molecule has 90 valence electrons. The van der Waals surface area contributed by atoms with Gasteiger partial charge in [-0.3, -0.25) is 4.68 Å². The third kappa shape index (κ3) is 3.18. The van der Waals surface area contributed by atoms with E-state index in [0.717, 1.165) is 17.9 Å². The van der Waals surface area contributed by atoms with Crippen molar-refractivity contribution < 1.29 is 4.74 Å². The zero-order valence-electron chi connectivity index (χ0n) is 9.63. The van der Waals surface area contributed by atoms with Crippen LogP contribution in [0.25, 0.3) is 0 Å². The van der Waals surface area contributed by atoms with Crippen LogP contribution >= 0.6 is 0 Å². The molecule has 0 bridgehead atoms. The number of nitrogen functional groups attached to an aromatic ring is 1. The second-order valence-corrected chi connectivity index (χ2v) is 3.58. The smallest absolute Gasteiger partial charge is 0.125 e. The summed E-state index contributed by atoms with van der Waals surface area (Å²) in [5.74, 6) is 0.488. The molecule has 0 unspecified atom stereocenters. The number of nitrogens with one attached hydrogen (secondary N) is 1. The Balaban J connectivity index is 2.01. The second-order valence-electron chi connectivity index (χ2n) is 3.58. The van der Waals surface area contributed by atoms with E-state index < -0.39 is 0 Å². The number of anilines is 3. The Morgan fingerprint density at radius 3 is 3.12 bits per heavy atom. The molecule has 0 aromatic carbocycles. The van der Waals surface area contributed by atoms with Crippen LogP contribution in [-0.4, -0.2) is 28.5 Å². The standard InChI is InChI=1S/C11H15N5O/c1-17-5-4-16-8-10(7-14-16)15-9-2-3-13-11(12)6-9/h2-3,6-8H,4-5H2,1H3,(H3,12,13,15). The van der Waals surface area contributed by atoms with Crippen molar-refractivity contribution in [3.63, 3.8) is 0 Å². The van der Waals surface area contributed by atoms with Gasteiger partial charge < -0.3 is 15.8 Å². The Labute approximate surface area is 99.4 Å². The molecule has 0 fully saturated rings. The number of ether oxygens (including phenoxy) is 1. The molecule has 0 amide bonds. The van der Waals surface area contributed by atoms with Crippen LogP contribution in [0.5, 0.6) is 0 Å². The first-order valence-corrected chi connectivity index (χ1v) is 5.28. The lowest BCUT2D eigenvalue weighted by Gasteiger charge is -2.03. The molecule has 0 aliphatic heterocycles. The van der Waals surface area contributed by atoms with Crippen molar-refractivity contribution >= 4 is 17.2 Å². The molecule has 0 radical (unpaired) electrons. The summed E-state index contributed by atoms with van der Waals surface area (Å²) < 4.78 is 6.80. The maximum absolute atomic E-state index is 5.59. The Hall–Kier alpha value is -2.08. The number of nitrogens with two attached hydrogens (primary N) is 1. The fraction of sp³-hybridized carbons (Fsp3) is 0.273. The highest BCUT2D eigenvalue weighted by atomic mass is 16.5. The molecule has 0 aliphatic carbocycles. The molecule has 0 atom stereocenters. The highest BCUT2D eigenvalue weighted by Gasteiger charge is 1.99. The summed E-state index contributed by atoms with van der Waals surface area (Å²) in [5, 5.41) is 7.40. The molecule has 6 heteroatoms. The maximum atomic E-state index is 5.59. The summed E-state index contributed by atoms with van der Waals surface area (Å²) in [6.45, 7) is 1.37. The first-order valence-electron chi connectivity index (χ1n) is 5.28. The Bertz CT molecular complexity index is 482. The summed E-state index contributed by atoms with van der Waals surface area (Å²) in [4.78, 5) is 3.93. The molecule has 3 N–H and O–H groups in total. The van der Waals surface area contributed by atoms with Crippen LogP contribution < -0.4 is 11.1 Å². The Morgan fingerprint density at radius 1 is 1.47 bits per heavy atom. The largest absolute Gasteiger partial charge is 0.384 e. The Morgan fingerprint density at radius 2 is 2.35 bits per heavy atom. The molecule has 0 saturated carbocycles. The number of methoxy groups -OCH3 is 1. The molecule has 17 heavy (non-hydrogen) atoms. The zero-order chi connectivity index (χ0) is 12.1. The lowest BCUT2D eigenvalue weighted by Crippen LogP contribution is -2.03. The SMILES string of the molecule is COCCn1cc(Nc2ccnc(N)c2)cn1. The van der Waals surface area contributed by atoms with E-state index in [4.69, 9.17) is 10.5 Å². The van der Waals surface area contributed by atoms with E-state index in [1.165, 1.54) is 0 Å². The van der Waals surface area contributed by atoms with Gasteiger partial charge in [0.15, 0.2) is 0 Å². The summed E-state index contributed by atoms with van der Waals surface area (Å²) in [5.41, 5.74) is 7.40. The number of rotatable bonds is 5. The van der Waals surface area contributed by atoms with Gasteiger partial charge in [-0.05, 0) is 6.07 Å². The van der Waals surface area contributed by atoms with Crippen LogP contribution in [-0.2, 0) is 11.3 Å². The van der Waals surface area contributed by atoms with Gasteiger partial charge in [0.25, 0.3) is 0 Å². The van der Waals surface area contributed by atoms with Gasteiger partial charge >= 0.3 is 0 Å². The van der Waals surface area contributed by atoms with Gasteiger partial charge in [-0.1, -0.05) is 0 Å². The molecular weight excluding hydrogens is 218 g/mol. The average molecular weight is 233 g/mol. The third-order valence-electron chi connectivity index (χ3n) is 2.23. The number of nitrogens with zero attached hydrogens (tertiary/aromatic N) is 3. The molecule has 2 aromatic rings. The number of hydrogen-bond donors (Lipinski definition) is 2. The van der Waals surface area contributed by atoms with Crippen LogP contribution in [0.1, 0.15) is 0 Å². The minimum Gasteiger partial charge on any atom is -0.384 e. The van der Waals surface area contributed by atoms with Crippen molar-refractivity contribution in [3.05, 3.63) is 30.7 Å². The highest BCUT2D eigenvalue weighted by molar-refractivity contribution is 5.60. The van der Waals surface area contributed by atoms with Crippen LogP contribution in [0.4, 0.5) is 17.2 Å². The van der Waals surface area contributed by atoms with Crippen LogP contribution in [0, 0.1) is 0 Å². The monoisotopic (exact) mass is 233 g/mol. The topological polar surface area (TPSA) is 78.0 Å². The van der Waals surface area contributed by atoms with E-state index in [2.05, 4.69) is 15.4 Å². The van der Waals surface area contributed by atoms with E-state index in [1.54, 1.807) is 25.6 Å². The maximum Gasteiger partial charge on any atom is 0.125 e.